The second kappa shape index (κ2) is 3.46. The molecule has 0 N–H and O–H groups in total. The monoisotopic (exact) mass is 229 g/mol. The van der Waals surface area contributed by atoms with Crippen molar-refractivity contribution in [3.8, 4) is 11.3 Å². The van der Waals surface area contributed by atoms with Crippen molar-refractivity contribution in [2.45, 2.75) is 13.8 Å². The number of benzene rings is 1. The van der Waals surface area contributed by atoms with Crippen molar-refractivity contribution in [1.82, 2.24) is 4.98 Å². The summed E-state index contributed by atoms with van der Waals surface area (Å²) < 4.78 is 5.55. The molecule has 3 heteroatoms. The predicted molar refractivity (Wildman–Crippen MR) is 66.8 cm³/mol. The van der Waals surface area contributed by atoms with Crippen molar-refractivity contribution in [3.05, 3.63) is 40.4 Å². The molecule has 0 atom stereocenters. The van der Waals surface area contributed by atoms with Gasteiger partial charge in [0.15, 0.2) is 0 Å². The molecule has 0 spiro atoms. The number of furan rings is 1. The second-order valence-electron chi connectivity index (χ2n) is 3.86. The summed E-state index contributed by atoms with van der Waals surface area (Å²) in [4.78, 5) is 4.48. The highest BCUT2D eigenvalue weighted by Crippen LogP contribution is 2.27. The van der Waals surface area contributed by atoms with Crippen LogP contribution < -0.4 is 0 Å². The van der Waals surface area contributed by atoms with E-state index in [4.69, 9.17) is 4.42 Å². The third-order valence-corrected chi connectivity index (χ3v) is 3.33. The van der Waals surface area contributed by atoms with Gasteiger partial charge >= 0.3 is 0 Å². The maximum Gasteiger partial charge on any atom is 0.134 e. The molecule has 3 aromatic rings. The average Bonchev–Trinajstić information content (AvgIpc) is 2.81. The lowest BCUT2D eigenvalue weighted by Crippen LogP contribution is -1.77. The van der Waals surface area contributed by atoms with E-state index < -0.39 is 0 Å². The molecule has 0 bridgehead atoms. The summed E-state index contributed by atoms with van der Waals surface area (Å²) >= 11 is 1.68. The van der Waals surface area contributed by atoms with Gasteiger partial charge in [-0.05, 0) is 38.1 Å². The lowest BCUT2D eigenvalue weighted by atomic mass is 10.1. The second-order valence-corrected chi connectivity index (χ2v) is 4.92. The Morgan fingerprint density at radius 1 is 1.19 bits per heavy atom. The lowest BCUT2D eigenvalue weighted by Gasteiger charge is -1.95. The van der Waals surface area contributed by atoms with Crippen LogP contribution in [0.3, 0.4) is 0 Å². The average molecular weight is 229 g/mol. The van der Waals surface area contributed by atoms with Crippen molar-refractivity contribution in [2.24, 2.45) is 0 Å². The summed E-state index contributed by atoms with van der Waals surface area (Å²) in [6, 6.07) is 8.24. The summed E-state index contributed by atoms with van der Waals surface area (Å²) in [5.74, 6) is 0.946. The van der Waals surface area contributed by atoms with Gasteiger partial charge in [0.2, 0.25) is 0 Å². The Morgan fingerprint density at radius 3 is 2.81 bits per heavy atom. The standard InChI is InChI=1S/C13H11NOS/c1-8-5-11-6-10(3-4-13(11)15-8)12-7-16-9(2)14-12/h3-7H,1-2H3. The zero-order chi connectivity index (χ0) is 11.1. The number of rotatable bonds is 1. The Balaban J connectivity index is 2.17. The maximum absolute atomic E-state index is 5.55. The van der Waals surface area contributed by atoms with Crippen molar-refractivity contribution < 1.29 is 4.42 Å². The topological polar surface area (TPSA) is 26.0 Å². The minimum absolute atomic E-state index is 0.938. The maximum atomic E-state index is 5.55. The van der Waals surface area contributed by atoms with Crippen LogP contribution in [0, 0.1) is 13.8 Å². The van der Waals surface area contributed by atoms with Crippen LogP contribution in [0.2, 0.25) is 0 Å². The fourth-order valence-corrected chi connectivity index (χ4v) is 2.45. The minimum atomic E-state index is 0.938. The molecule has 80 valence electrons. The van der Waals surface area contributed by atoms with E-state index in [9.17, 15) is 0 Å². The molecule has 0 fully saturated rings. The van der Waals surface area contributed by atoms with Gasteiger partial charge in [-0.1, -0.05) is 0 Å². The first kappa shape index (κ1) is 9.60. The van der Waals surface area contributed by atoms with Crippen LogP contribution in [-0.4, -0.2) is 4.98 Å². The van der Waals surface area contributed by atoms with Gasteiger partial charge < -0.3 is 4.42 Å². The van der Waals surface area contributed by atoms with E-state index in [-0.39, 0.29) is 0 Å². The molecular weight excluding hydrogens is 218 g/mol. The number of nitrogens with zero attached hydrogens (tertiary/aromatic N) is 1. The first-order valence-electron chi connectivity index (χ1n) is 5.15. The Labute approximate surface area is 97.6 Å². The molecule has 0 aliphatic rings. The Bertz CT molecular complexity index is 651. The number of thiazole rings is 1. The Hall–Kier alpha value is -1.61. The van der Waals surface area contributed by atoms with E-state index >= 15 is 0 Å². The molecule has 2 nitrogen and oxygen atoms in total. The molecular formula is C13H11NOS. The van der Waals surface area contributed by atoms with Crippen LogP contribution in [-0.2, 0) is 0 Å². The SMILES string of the molecule is Cc1cc2cc(-c3csc(C)n3)ccc2o1. The molecule has 1 aromatic carbocycles. The molecule has 2 heterocycles. The smallest absolute Gasteiger partial charge is 0.134 e. The van der Waals surface area contributed by atoms with Crippen molar-refractivity contribution in [3.63, 3.8) is 0 Å². The number of hydrogen-bond acceptors (Lipinski definition) is 3. The van der Waals surface area contributed by atoms with Crippen molar-refractivity contribution in [2.75, 3.05) is 0 Å². The highest BCUT2D eigenvalue weighted by Gasteiger charge is 2.05. The molecule has 0 saturated heterocycles. The molecule has 0 radical (unpaired) electrons. The molecule has 0 aliphatic carbocycles. The van der Waals surface area contributed by atoms with Gasteiger partial charge in [-0.2, -0.15) is 0 Å². The quantitative estimate of drug-likeness (QED) is 0.625. The molecule has 16 heavy (non-hydrogen) atoms. The normalized spacial score (nSPS) is 11.1. The van der Waals surface area contributed by atoms with E-state index in [1.165, 1.54) is 0 Å². The summed E-state index contributed by atoms with van der Waals surface area (Å²) in [6.45, 7) is 3.99. The van der Waals surface area contributed by atoms with E-state index in [2.05, 4.69) is 28.6 Å². The molecule has 0 saturated carbocycles. The van der Waals surface area contributed by atoms with Crippen LogP contribution >= 0.6 is 11.3 Å². The highest BCUT2D eigenvalue weighted by atomic mass is 32.1. The van der Waals surface area contributed by atoms with Gasteiger partial charge in [-0.25, -0.2) is 4.98 Å². The third-order valence-electron chi connectivity index (χ3n) is 2.55. The number of fused-ring (bicyclic) bond motifs is 1. The summed E-state index contributed by atoms with van der Waals surface area (Å²) in [7, 11) is 0. The van der Waals surface area contributed by atoms with E-state index in [1.54, 1.807) is 11.3 Å². The van der Waals surface area contributed by atoms with Crippen LogP contribution in [0.1, 0.15) is 10.8 Å². The number of aryl methyl sites for hydroxylation is 2. The van der Waals surface area contributed by atoms with Gasteiger partial charge in [-0.3, -0.25) is 0 Å². The van der Waals surface area contributed by atoms with E-state index in [0.29, 0.717) is 0 Å². The lowest BCUT2D eigenvalue weighted by molar-refractivity contribution is 0.578. The predicted octanol–water partition coefficient (Wildman–Crippen LogP) is 4.17. The fraction of sp³-hybridized carbons (Fsp3) is 0.154. The zero-order valence-electron chi connectivity index (χ0n) is 9.15. The summed E-state index contributed by atoms with van der Waals surface area (Å²) in [5, 5.41) is 4.32. The van der Waals surface area contributed by atoms with Gasteiger partial charge in [0.05, 0.1) is 10.7 Å². The number of hydrogen-bond donors (Lipinski definition) is 0. The fourth-order valence-electron chi connectivity index (χ4n) is 1.83. The third kappa shape index (κ3) is 1.53. The van der Waals surface area contributed by atoms with Gasteiger partial charge in [0, 0.05) is 16.3 Å². The van der Waals surface area contributed by atoms with E-state index in [0.717, 1.165) is 33.0 Å². The van der Waals surface area contributed by atoms with Crippen LogP contribution in [0.25, 0.3) is 22.2 Å². The van der Waals surface area contributed by atoms with Crippen LogP contribution in [0.4, 0.5) is 0 Å². The Kier molecular flexibility index (Phi) is 2.07. The molecule has 0 unspecified atom stereocenters. The molecule has 0 amide bonds. The minimum Gasteiger partial charge on any atom is -0.461 e. The van der Waals surface area contributed by atoms with Crippen molar-refractivity contribution >= 4 is 22.3 Å². The summed E-state index contributed by atoms with van der Waals surface area (Å²) in [5.41, 5.74) is 3.13. The largest absolute Gasteiger partial charge is 0.461 e. The van der Waals surface area contributed by atoms with Gasteiger partial charge in [0.25, 0.3) is 0 Å². The van der Waals surface area contributed by atoms with Crippen molar-refractivity contribution in [1.29, 1.82) is 0 Å². The first-order chi connectivity index (χ1) is 7.72. The molecule has 2 aromatic heterocycles. The Morgan fingerprint density at radius 2 is 2.06 bits per heavy atom. The highest BCUT2D eigenvalue weighted by molar-refractivity contribution is 7.09. The van der Waals surface area contributed by atoms with E-state index in [1.807, 2.05) is 19.9 Å². The van der Waals surface area contributed by atoms with Crippen LogP contribution in [0.15, 0.2) is 34.1 Å². The van der Waals surface area contributed by atoms with Gasteiger partial charge in [-0.15, -0.1) is 11.3 Å². The number of aromatic nitrogens is 1. The van der Waals surface area contributed by atoms with Crippen LogP contribution in [0.5, 0.6) is 0 Å². The summed E-state index contributed by atoms with van der Waals surface area (Å²) in [6.07, 6.45) is 0. The first-order valence-corrected chi connectivity index (χ1v) is 6.03. The van der Waals surface area contributed by atoms with Gasteiger partial charge in [0.1, 0.15) is 11.3 Å². The molecule has 0 aliphatic heterocycles. The molecule has 3 rings (SSSR count). The zero-order valence-corrected chi connectivity index (χ0v) is 9.97.